The van der Waals surface area contributed by atoms with Gasteiger partial charge in [-0.15, -0.1) is 0 Å². The van der Waals surface area contributed by atoms with Gasteiger partial charge in [-0.1, -0.05) is 0 Å². The van der Waals surface area contributed by atoms with Crippen LogP contribution in [-0.4, -0.2) is 44.4 Å². The van der Waals surface area contributed by atoms with Crippen LogP contribution in [0.2, 0.25) is 0 Å². The zero-order valence-corrected chi connectivity index (χ0v) is 13.9. The predicted molar refractivity (Wildman–Crippen MR) is 88.5 cm³/mol. The molecular formula is C17H21N5O3. The first-order chi connectivity index (χ1) is 12.3. The maximum absolute atomic E-state index is 12.5. The summed E-state index contributed by atoms with van der Waals surface area (Å²) in [6.45, 7) is 1.43. The van der Waals surface area contributed by atoms with E-state index in [2.05, 4.69) is 20.4 Å². The number of hydrogen-bond donors (Lipinski definition) is 1. The molecule has 1 amide bonds. The molecule has 2 aromatic rings. The Morgan fingerprint density at radius 2 is 2.12 bits per heavy atom. The van der Waals surface area contributed by atoms with Gasteiger partial charge in [-0.3, -0.25) is 9.78 Å². The number of aryl methyl sites for hydroxylation is 1. The minimum Gasteiger partial charge on any atom is -0.477 e. The molecule has 0 spiro atoms. The molecule has 0 unspecified atom stereocenters. The molecule has 4 rings (SSSR count). The highest BCUT2D eigenvalue weighted by Gasteiger charge is 2.27. The second-order valence-corrected chi connectivity index (χ2v) is 6.40. The van der Waals surface area contributed by atoms with Crippen molar-refractivity contribution in [2.45, 2.75) is 50.8 Å². The van der Waals surface area contributed by atoms with Crippen molar-refractivity contribution in [2.24, 2.45) is 0 Å². The van der Waals surface area contributed by atoms with Crippen LogP contribution in [0, 0.1) is 0 Å². The predicted octanol–water partition coefficient (Wildman–Crippen LogP) is 1.58. The van der Waals surface area contributed by atoms with Crippen molar-refractivity contribution in [3.8, 4) is 11.8 Å². The Morgan fingerprint density at radius 3 is 2.92 bits per heavy atom. The number of carbonyl (C=O) groups excluding carboxylic acids is 1. The Bertz CT molecular complexity index is 725. The van der Waals surface area contributed by atoms with Gasteiger partial charge in [-0.25, -0.2) is 9.67 Å². The molecule has 0 saturated heterocycles. The lowest BCUT2D eigenvalue weighted by Gasteiger charge is -2.29. The summed E-state index contributed by atoms with van der Waals surface area (Å²) >= 11 is 0. The molecule has 0 aromatic carbocycles. The number of nitrogens with one attached hydrogen (secondary N) is 1. The summed E-state index contributed by atoms with van der Waals surface area (Å²) in [7, 11) is 0. The quantitative estimate of drug-likeness (QED) is 0.906. The van der Waals surface area contributed by atoms with Crippen LogP contribution in [0.5, 0.6) is 11.8 Å². The minimum absolute atomic E-state index is 0.110. The van der Waals surface area contributed by atoms with E-state index < -0.39 is 0 Å². The summed E-state index contributed by atoms with van der Waals surface area (Å²) in [5.41, 5.74) is 0.526. The largest absolute Gasteiger partial charge is 0.477 e. The molecule has 0 bridgehead atoms. The van der Waals surface area contributed by atoms with Crippen LogP contribution in [0.4, 0.5) is 0 Å². The molecule has 1 N–H and O–H groups in total. The third-order valence-corrected chi connectivity index (χ3v) is 4.63. The molecular weight excluding hydrogens is 322 g/mol. The molecule has 0 radical (unpaired) electrons. The fraction of sp³-hybridized carbons (Fsp3) is 0.529. The van der Waals surface area contributed by atoms with Crippen molar-refractivity contribution in [2.75, 3.05) is 6.61 Å². The van der Waals surface area contributed by atoms with Gasteiger partial charge in [-0.2, -0.15) is 5.10 Å². The summed E-state index contributed by atoms with van der Waals surface area (Å²) in [5, 5.41) is 7.33. The molecule has 1 aliphatic heterocycles. The van der Waals surface area contributed by atoms with Gasteiger partial charge in [0.25, 0.3) is 5.91 Å². The van der Waals surface area contributed by atoms with Crippen molar-refractivity contribution < 1.29 is 14.3 Å². The van der Waals surface area contributed by atoms with Gasteiger partial charge in [0.15, 0.2) is 0 Å². The second kappa shape index (κ2) is 7.08. The van der Waals surface area contributed by atoms with E-state index in [0.29, 0.717) is 23.9 Å². The van der Waals surface area contributed by atoms with E-state index in [1.165, 1.54) is 0 Å². The average molecular weight is 343 g/mol. The third-order valence-electron chi connectivity index (χ3n) is 4.63. The van der Waals surface area contributed by atoms with Crippen LogP contribution in [-0.2, 0) is 6.54 Å². The topological polar surface area (TPSA) is 91.2 Å². The molecule has 2 aromatic heterocycles. The van der Waals surface area contributed by atoms with E-state index in [1.54, 1.807) is 29.5 Å². The first-order valence-electron chi connectivity index (χ1n) is 8.72. The standard InChI is InChI=1S/C17H21N5O3/c23-16(14-10-20-22-8-1-9-24-17(14)22)21-12-2-4-13(5-3-12)25-15-11-18-6-7-19-15/h6-7,10-13H,1-5,8-9H2,(H,21,23). The first-order valence-corrected chi connectivity index (χ1v) is 8.72. The Hall–Kier alpha value is -2.64. The number of nitrogens with zero attached hydrogens (tertiary/aromatic N) is 4. The van der Waals surface area contributed by atoms with E-state index in [4.69, 9.17) is 9.47 Å². The number of hydrogen-bond acceptors (Lipinski definition) is 6. The molecule has 2 aliphatic rings. The summed E-state index contributed by atoms with van der Waals surface area (Å²) in [4.78, 5) is 20.7. The molecule has 0 atom stereocenters. The molecule has 1 saturated carbocycles. The number of carbonyl (C=O) groups is 1. The van der Waals surface area contributed by atoms with Gasteiger partial charge in [0.05, 0.1) is 19.0 Å². The number of aromatic nitrogens is 4. The molecule has 1 aliphatic carbocycles. The van der Waals surface area contributed by atoms with Crippen LogP contribution in [0.3, 0.4) is 0 Å². The number of fused-ring (bicyclic) bond motifs is 1. The van der Waals surface area contributed by atoms with Crippen molar-refractivity contribution in [3.05, 3.63) is 30.4 Å². The molecule has 25 heavy (non-hydrogen) atoms. The second-order valence-electron chi connectivity index (χ2n) is 6.40. The molecule has 8 nitrogen and oxygen atoms in total. The first kappa shape index (κ1) is 15.9. The highest BCUT2D eigenvalue weighted by atomic mass is 16.5. The molecule has 132 valence electrons. The van der Waals surface area contributed by atoms with Crippen LogP contribution in [0.15, 0.2) is 24.8 Å². The fourth-order valence-corrected chi connectivity index (χ4v) is 3.33. The van der Waals surface area contributed by atoms with E-state index in [-0.39, 0.29) is 18.1 Å². The average Bonchev–Trinajstić information content (AvgIpc) is 3.08. The van der Waals surface area contributed by atoms with Crippen molar-refractivity contribution in [1.29, 1.82) is 0 Å². The minimum atomic E-state index is -0.110. The highest BCUT2D eigenvalue weighted by Crippen LogP contribution is 2.25. The zero-order chi connectivity index (χ0) is 17.1. The Balaban J connectivity index is 1.30. The van der Waals surface area contributed by atoms with Gasteiger partial charge in [0.1, 0.15) is 11.7 Å². The number of amides is 1. The maximum atomic E-state index is 12.5. The summed E-state index contributed by atoms with van der Waals surface area (Å²) in [6, 6.07) is 0.147. The van der Waals surface area contributed by atoms with Gasteiger partial charge in [0.2, 0.25) is 11.8 Å². The number of rotatable bonds is 4. The highest BCUT2D eigenvalue weighted by molar-refractivity contribution is 5.96. The smallest absolute Gasteiger partial charge is 0.258 e. The Labute approximate surface area is 145 Å². The van der Waals surface area contributed by atoms with Gasteiger partial charge in [0, 0.05) is 31.4 Å². The SMILES string of the molecule is O=C(NC1CCC(Oc2cnccn2)CC1)c1cnn2c1OCCC2. The maximum Gasteiger partial charge on any atom is 0.258 e. The lowest BCUT2D eigenvalue weighted by molar-refractivity contribution is 0.0883. The van der Waals surface area contributed by atoms with Crippen LogP contribution in [0.1, 0.15) is 42.5 Å². The number of ether oxygens (including phenoxy) is 2. The summed E-state index contributed by atoms with van der Waals surface area (Å²) < 4.78 is 13.2. The third kappa shape index (κ3) is 3.57. The Kier molecular flexibility index (Phi) is 4.49. The van der Waals surface area contributed by atoms with Crippen LogP contribution in [0.25, 0.3) is 0 Å². The Morgan fingerprint density at radius 1 is 1.24 bits per heavy atom. The van der Waals surface area contributed by atoms with E-state index in [1.807, 2.05) is 0 Å². The van der Waals surface area contributed by atoms with Crippen LogP contribution >= 0.6 is 0 Å². The van der Waals surface area contributed by atoms with Gasteiger partial charge < -0.3 is 14.8 Å². The van der Waals surface area contributed by atoms with Crippen LogP contribution < -0.4 is 14.8 Å². The van der Waals surface area contributed by atoms with E-state index in [0.717, 1.165) is 38.6 Å². The van der Waals surface area contributed by atoms with Crippen molar-refractivity contribution in [1.82, 2.24) is 25.1 Å². The molecule has 3 heterocycles. The van der Waals surface area contributed by atoms with Crippen molar-refractivity contribution in [3.63, 3.8) is 0 Å². The molecule has 1 fully saturated rings. The normalized spacial score (nSPS) is 22.6. The zero-order valence-electron chi connectivity index (χ0n) is 13.9. The lowest BCUT2D eigenvalue weighted by atomic mass is 9.93. The monoisotopic (exact) mass is 343 g/mol. The summed E-state index contributed by atoms with van der Waals surface area (Å²) in [6.07, 6.45) is 11.0. The van der Waals surface area contributed by atoms with E-state index in [9.17, 15) is 4.79 Å². The fourth-order valence-electron chi connectivity index (χ4n) is 3.33. The van der Waals surface area contributed by atoms with E-state index >= 15 is 0 Å². The lowest BCUT2D eigenvalue weighted by Crippen LogP contribution is -2.39. The van der Waals surface area contributed by atoms with Crippen molar-refractivity contribution >= 4 is 5.91 Å². The van der Waals surface area contributed by atoms with Gasteiger partial charge in [-0.05, 0) is 25.7 Å². The van der Waals surface area contributed by atoms with Gasteiger partial charge >= 0.3 is 0 Å². The molecule has 8 heteroatoms. The summed E-state index contributed by atoms with van der Waals surface area (Å²) in [5.74, 6) is 1.03.